The molecule has 32 heavy (non-hydrogen) atoms. The van der Waals surface area contributed by atoms with E-state index in [0.29, 0.717) is 22.4 Å². The Morgan fingerprint density at radius 3 is 2.78 bits per heavy atom. The van der Waals surface area contributed by atoms with E-state index >= 15 is 0 Å². The number of hydrogen-bond donors (Lipinski definition) is 1. The number of benzene rings is 1. The first-order valence-corrected chi connectivity index (χ1v) is 11.5. The van der Waals surface area contributed by atoms with Crippen LogP contribution in [0.2, 0.25) is 5.02 Å². The Hall–Kier alpha value is -2.59. The molecular formula is C21H21ClF2N4O3S. The smallest absolute Gasteiger partial charge is 0.387 e. The number of anilines is 1. The summed E-state index contributed by atoms with van der Waals surface area (Å²) in [4.78, 5) is 12.5. The summed E-state index contributed by atoms with van der Waals surface area (Å²) >= 11 is 7.22. The first-order chi connectivity index (χ1) is 15.5. The SMILES string of the molecule is O=C(CSc1nnc(-c2ccco2)n1C1CCCCC1)Nc1ccc(OC(F)F)c(Cl)c1. The number of thioether (sulfide) groups is 1. The number of aromatic nitrogens is 3. The molecule has 0 spiro atoms. The van der Waals surface area contributed by atoms with Gasteiger partial charge in [0.1, 0.15) is 5.75 Å². The molecule has 4 rings (SSSR count). The number of halogens is 3. The lowest BCUT2D eigenvalue weighted by atomic mass is 9.95. The molecule has 7 nitrogen and oxygen atoms in total. The van der Waals surface area contributed by atoms with Crippen LogP contribution in [0.3, 0.4) is 0 Å². The molecule has 3 aromatic rings. The lowest BCUT2D eigenvalue weighted by Crippen LogP contribution is -2.17. The lowest BCUT2D eigenvalue weighted by molar-refractivity contribution is -0.113. The molecule has 1 aromatic carbocycles. The number of amides is 1. The molecule has 0 saturated heterocycles. The Morgan fingerprint density at radius 2 is 2.09 bits per heavy atom. The van der Waals surface area contributed by atoms with Gasteiger partial charge in [0.15, 0.2) is 10.9 Å². The van der Waals surface area contributed by atoms with E-state index in [4.69, 9.17) is 16.0 Å². The first kappa shape index (κ1) is 22.6. The zero-order valence-electron chi connectivity index (χ0n) is 17.0. The zero-order valence-corrected chi connectivity index (χ0v) is 18.5. The van der Waals surface area contributed by atoms with Crippen LogP contribution in [0, 0.1) is 0 Å². The number of nitrogens with one attached hydrogen (secondary N) is 1. The maximum absolute atomic E-state index is 12.5. The predicted octanol–water partition coefficient (Wildman–Crippen LogP) is 6.03. The molecule has 0 unspecified atom stereocenters. The van der Waals surface area contributed by atoms with Crippen LogP contribution in [0.5, 0.6) is 5.75 Å². The largest absolute Gasteiger partial charge is 0.461 e. The molecule has 0 aliphatic heterocycles. The zero-order chi connectivity index (χ0) is 22.5. The third kappa shape index (κ3) is 5.42. The number of furan rings is 1. The number of carbonyl (C=O) groups excluding carboxylic acids is 1. The van der Waals surface area contributed by atoms with Crippen LogP contribution in [0.1, 0.15) is 38.1 Å². The van der Waals surface area contributed by atoms with Crippen molar-refractivity contribution in [2.45, 2.75) is 49.9 Å². The molecule has 2 aromatic heterocycles. The van der Waals surface area contributed by atoms with Crippen LogP contribution in [0.15, 0.2) is 46.2 Å². The van der Waals surface area contributed by atoms with Crippen molar-refractivity contribution >= 4 is 35.0 Å². The van der Waals surface area contributed by atoms with Crippen molar-refractivity contribution in [3.8, 4) is 17.3 Å². The Labute approximate surface area is 192 Å². The van der Waals surface area contributed by atoms with Gasteiger partial charge in [0.05, 0.1) is 17.0 Å². The van der Waals surface area contributed by atoms with Gasteiger partial charge in [-0.1, -0.05) is 42.6 Å². The summed E-state index contributed by atoms with van der Waals surface area (Å²) in [6, 6.07) is 8.00. The van der Waals surface area contributed by atoms with Crippen LogP contribution in [0.4, 0.5) is 14.5 Å². The first-order valence-electron chi connectivity index (χ1n) is 10.2. The maximum Gasteiger partial charge on any atom is 0.387 e. The second-order valence-electron chi connectivity index (χ2n) is 7.31. The van der Waals surface area contributed by atoms with Crippen LogP contribution in [-0.4, -0.2) is 33.0 Å². The molecule has 1 aliphatic rings. The molecule has 1 saturated carbocycles. The topological polar surface area (TPSA) is 82.2 Å². The monoisotopic (exact) mass is 482 g/mol. The van der Waals surface area contributed by atoms with Gasteiger partial charge in [-0.3, -0.25) is 9.36 Å². The second kappa shape index (κ2) is 10.4. The van der Waals surface area contributed by atoms with Gasteiger partial charge in [0.2, 0.25) is 11.7 Å². The van der Waals surface area contributed by atoms with E-state index < -0.39 is 6.61 Å². The molecule has 11 heteroatoms. The fraction of sp³-hybridized carbons (Fsp3) is 0.381. The van der Waals surface area contributed by atoms with Crippen molar-refractivity contribution in [2.75, 3.05) is 11.1 Å². The highest BCUT2D eigenvalue weighted by Crippen LogP contribution is 2.36. The highest BCUT2D eigenvalue weighted by molar-refractivity contribution is 7.99. The Balaban J connectivity index is 1.44. The normalized spacial score (nSPS) is 14.6. The molecule has 0 radical (unpaired) electrons. The summed E-state index contributed by atoms with van der Waals surface area (Å²) in [6.45, 7) is -2.98. The Morgan fingerprint density at radius 1 is 1.28 bits per heavy atom. The van der Waals surface area contributed by atoms with Crippen LogP contribution in [-0.2, 0) is 4.79 Å². The summed E-state index contributed by atoms with van der Waals surface area (Å²) in [5.74, 6) is 0.952. The summed E-state index contributed by atoms with van der Waals surface area (Å²) in [5, 5.41) is 12.0. The van der Waals surface area contributed by atoms with E-state index in [1.54, 1.807) is 12.3 Å². The average Bonchev–Trinajstić information content (AvgIpc) is 3.44. The molecule has 1 aliphatic carbocycles. The number of alkyl halides is 2. The number of nitrogens with zero attached hydrogens (tertiary/aromatic N) is 3. The molecule has 170 valence electrons. The predicted molar refractivity (Wildman–Crippen MR) is 117 cm³/mol. The van der Waals surface area contributed by atoms with Gasteiger partial charge >= 0.3 is 6.61 Å². The molecular weight excluding hydrogens is 462 g/mol. The third-order valence-corrected chi connectivity index (χ3v) is 6.35. The third-order valence-electron chi connectivity index (χ3n) is 5.11. The van der Waals surface area contributed by atoms with E-state index in [1.807, 2.05) is 6.07 Å². The van der Waals surface area contributed by atoms with Crippen LogP contribution < -0.4 is 10.1 Å². The van der Waals surface area contributed by atoms with Crippen molar-refractivity contribution in [3.63, 3.8) is 0 Å². The molecule has 2 heterocycles. The van der Waals surface area contributed by atoms with Crippen LogP contribution in [0.25, 0.3) is 11.6 Å². The minimum atomic E-state index is -2.98. The van der Waals surface area contributed by atoms with Crippen molar-refractivity contribution < 1.29 is 22.7 Å². The fourth-order valence-electron chi connectivity index (χ4n) is 3.71. The van der Waals surface area contributed by atoms with Gasteiger partial charge in [0.25, 0.3) is 0 Å². The number of carbonyl (C=O) groups is 1. The number of hydrogen-bond acceptors (Lipinski definition) is 6. The molecule has 0 bridgehead atoms. The van der Waals surface area contributed by atoms with E-state index in [1.165, 1.54) is 36.4 Å². The van der Waals surface area contributed by atoms with Gasteiger partial charge in [-0.25, -0.2) is 0 Å². The highest BCUT2D eigenvalue weighted by Gasteiger charge is 2.25. The fourth-order valence-corrected chi connectivity index (χ4v) is 4.75. The summed E-state index contributed by atoms with van der Waals surface area (Å²) in [5.41, 5.74) is 0.382. The number of rotatable bonds is 8. The van der Waals surface area contributed by atoms with Gasteiger partial charge < -0.3 is 14.5 Å². The van der Waals surface area contributed by atoms with Gasteiger partial charge in [-0.2, -0.15) is 8.78 Å². The van der Waals surface area contributed by atoms with Crippen molar-refractivity contribution in [2.24, 2.45) is 0 Å². The summed E-state index contributed by atoms with van der Waals surface area (Å²) < 4.78 is 36.6. The minimum absolute atomic E-state index is 0.0177. The van der Waals surface area contributed by atoms with Gasteiger partial charge in [0, 0.05) is 11.7 Å². The van der Waals surface area contributed by atoms with Gasteiger partial charge in [-0.05, 0) is 43.2 Å². The highest BCUT2D eigenvalue weighted by atomic mass is 35.5. The lowest BCUT2D eigenvalue weighted by Gasteiger charge is -2.25. The quantitative estimate of drug-likeness (QED) is 0.395. The van der Waals surface area contributed by atoms with Crippen molar-refractivity contribution in [3.05, 3.63) is 41.6 Å². The molecule has 1 N–H and O–H groups in total. The van der Waals surface area contributed by atoms with E-state index in [0.717, 1.165) is 25.7 Å². The Bertz CT molecular complexity index is 1060. The van der Waals surface area contributed by atoms with Crippen LogP contribution >= 0.6 is 23.4 Å². The van der Waals surface area contributed by atoms with Gasteiger partial charge in [-0.15, -0.1) is 10.2 Å². The molecule has 0 atom stereocenters. The van der Waals surface area contributed by atoms with E-state index in [-0.39, 0.29) is 28.5 Å². The van der Waals surface area contributed by atoms with E-state index in [2.05, 4.69) is 24.8 Å². The summed E-state index contributed by atoms with van der Waals surface area (Å²) in [7, 11) is 0. The molecule has 1 amide bonds. The Kier molecular flexibility index (Phi) is 7.31. The number of ether oxygens (including phenoxy) is 1. The van der Waals surface area contributed by atoms with E-state index in [9.17, 15) is 13.6 Å². The summed E-state index contributed by atoms with van der Waals surface area (Å²) in [6.07, 6.45) is 7.13. The standard InChI is InChI=1S/C21H21ClF2N4O3S/c22-15-11-13(8-9-16(15)31-20(23)24)25-18(29)12-32-21-27-26-19(17-7-4-10-30-17)28(21)14-5-2-1-3-6-14/h4,7-11,14,20H,1-3,5-6,12H2,(H,25,29). The average molecular weight is 483 g/mol. The van der Waals surface area contributed by atoms with Crippen molar-refractivity contribution in [1.29, 1.82) is 0 Å². The minimum Gasteiger partial charge on any atom is -0.461 e. The molecule has 1 fully saturated rings. The van der Waals surface area contributed by atoms with Crippen molar-refractivity contribution in [1.82, 2.24) is 14.8 Å². The second-order valence-corrected chi connectivity index (χ2v) is 8.66. The maximum atomic E-state index is 12.5.